The molecule has 180 valence electrons. The zero-order chi connectivity index (χ0) is 24.3. The number of amides is 1. The van der Waals surface area contributed by atoms with E-state index < -0.39 is 71.3 Å². The van der Waals surface area contributed by atoms with Gasteiger partial charge in [0.2, 0.25) is 5.91 Å². The maximum absolute atomic E-state index is 12.3. The van der Waals surface area contributed by atoms with E-state index in [1.165, 1.54) is 12.1 Å². The highest BCUT2D eigenvalue weighted by Crippen LogP contribution is 2.31. The van der Waals surface area contributed by atoms with Crippen molar-refractivity contribution < 1.29 is 52.1 Å². The van der Waals surface area contributed by atoms with Gasteiger partial charge in [0.15, 0.2) is 0 Å². The molecule has 0 saturated carbocycles. The molecule has 1 aliphatic heterocycles. The maximum atomic E-state index is 12.3. The largest absolute Gasteiger partial charge is 0.465 e. The van der Waals surface area contributed by atoms with Gasteiger partial charge in [-0.05, 0) is 19.1 Å². The summed E-state index contributed by atoms with van der Waals surface area (Å²) in [5.74, 6) is -4.59. The summed E-state index contributed by atoms with van der Waals surface area (Å²) >= 11 is 0. The Morgan fingerprint density at radius 1 is 1.28 bits per heavy atom. The smallest absolute Gasteiger partial charge is 0.366 e. The lowest BCUT2D eigenvalue weighted by Gasteiger charge is -2.45. The minimum absolute atomic E-state index is 0.176. The molecular weight excluding hydrogens is 450 g/mol. The quantitative estimate of drug-likeness (QED) is 0.204. The summed E-state index contributed by atoms with van der Waals surface area (Å²) in [6.07, 6.45) is -7.91. The third-order valence-electron chi connectivity index (χ3n) is 4.89. The highest BCUT2D eigenvalue weighted by atomic mass is 32.2. The Morgan fingerprint density at radius 3 is 2.41 bits per heavy atom. The fourth-order valence-electron chi connectivity index (χ4n) is 3.21. The number of hydrogen-bond acceptors (Lipinski definition) is 11. The van der Waals surface area contributed by atoms with Crippen molar-refractivity contribution in [1.29, 1.82) is 0 Å². The van der Waals surface area contributed by atoms with E-state index in [2.05, 4.69) is 10.1 Å². The van der Waals surface area contributed by atoms with Crippen molar-refractivity contribution in [2.24, 2.45) is 0 Å². The van der Waals surface area contributed by atoms with Gasteiger partial charge in [0.05, 0.1) is 30.8 Å². The first kappa shape index (κ1) is 26.1. The number of benzene rings is 1. The van der Waals surface area contributed by atoms with Crippen LogP contribution in [0.4, 0.5) is 0 Å². The predicted octanol–water partition coefficient (Wildman–Crippen LogP) is -2.06. The summed E-state index contributed by atoms with van der Waals surface area (Å²) in [4.78, 5) is 23.2. The van der Waals surface area contributed by atoms with Crippen LogP contribution in [0.2, 0.25) is 0 Å². The Balaban J connectivity index is 2.19. The number of carbonyl (C=O) groups excluding carboxylic acids is 2. The van der Waals surface area contributed by atoms with Gasteiger partial charge in [-0.15, -0.1) is 0 Å². The Hall–Kier alpha value is -2.13. The Morgan fingerprint density at radius 2 is 1.88 bits per heavy atom. The van der Waals surface area contributed by atoms with E-state index in [1.54, 1.807) is 19.1 Å². The molecule has 0 aliphatic carbocycles. The average molecular weight is 477 g/mol. The van der Waals surface area contributed by atoms with Crippen LogP contribution < -0.4 is 5.32 Å². The van der Waals surface area contributed by atoms with Crippen molar-refractivity contribution >= 4 is 22.0 Å². The molecule has 1 aliphatic rings. The van der Waals surface area contributed by atoms with Crippen LogP contribution in [-0.2, 0) is 33.4 Å². The molecule has 5 N–H and O–H groups in total. The summed E-state index contributed by atoms with van der Waals surface area (Å²) in [5, 5.41) is 43.9. The fourth-order valence-corrected chi connectivity index (χ4v) is 4.14. The second kappa shape index (κ2) is 10.2. The van der Waals surface area contributed by atoms with E-state index in [4.69, 9.17) is 8.92 Å². The van der Waals surface area contributed by atoms with Gasteiger partial charge in [-0.25, -0.2) is 4.79 Å². The monoisotopic (exact) mass is 477 g/mol. The first-order valence-electron chi connectivity index (χ1n) is 9.56. The molecule has 0 spiro atoms. The van der Waals surface area contributed by atoms with E-state index in [1.807, 2.05) is 0 Å². The minimum atomic E-state index is -4.27. The third-order valence-corrected chi connectivity index (χ3v) is 6.19. The average Bonchev–Trinajstić information content (AvgIpc) is 2.72. The zero-order valence-electron chi connectivity index (χ0n) is 17.7. The predicted molar refractivity (Wildman–Crippen MR) is 106 cm³/mol. The van der Waals surface area contributed by atoms with Crippen molar-refractivity contribution in [3.05, 3.63) is 29.8 Å². The van der Waals surface area contributed by atoms with E-state index >= 15 is 0 Å². The molecule has 6 atom stereocenters. The number of aliphatic hydroxyl groups excluding tert-OH is 3. The highest BCUT2D eigenvalue weighted by Gasteiger charge is 2.54. The number of aryl methyl sites for hydroxylation is 1. The molecule has 2 rings (SSSR count). The molecule has 0 radical (unpaired) electrons. The molecule has 1 heterocycles. The van der Waals surface area contributed by atoms with Gasteiger partial charge in [-0.1, -0.05) is 17.7 Å². The van der Waals surface area contributed by atoms with Crippen LogP contribution in [0.5, 0.6) is 0 Å². The van der Waals surface area contributed by atoms with E-state index in [0.29, 0.717) is 0 Å². The van der Waals surface area contributed by atoms with Gasteiger partial charge in [-0.2, -0.15) is 8.42 Å². The van der Waals surface area contributed by atoms with E-state index in [9.17, 15) is 38.4 Å². The third kappa shape index (κ3) is 6.01. The number of carbonyl (C=O) groups is 2. The number of aliphatic hydroxyl groups is 4. The molecule has 1 unspecified atom stereocenters. The van der Waals surface area contributed by atoms with Crippen LogP contribution in [0.3, 0.4) is 0 Å². The molecule has 13 heteroatoms. The summed E-state index contributed by atoms with van der Waals surface area (Å²) < 4.78 is 39.0. The molecule has 1 fully saturated rings. The van der Waals surface area contributed by atoms with Crippen LogP contribution in [0, 0.1) is 6.92 Å². The standard InChI is InChI=1S/C19H27NO11S/c1-10-4-6-12(7-5-10)32(27,28)30-9-14(23)16(24)17-15(20-11(2)21)13(22)8-19(26,31-17)18(25)29-3/h4-7,13-17,22-24,26H,8-9H2,1-3H3,(H,20,21)/t13-,14+,15+,16+,17+,19?/m0/s1. The van der Waals surface area contributed by atoms with Crippen LogP contribution in [-0.4, -0.2) is 90.7 Å². The first-order chi connectivity index (χ1) is 14.8. The molecule has 1 saturated heterocycles. The van der Waals surface area contributed by atoms with Crippen molar-refractivity contribution in [2.75, 3.05) is 13.7 Å². The minimum Gasteiger partial charge on any atom is -0.465 e. The highest BCUT2D eigenvalue weighted by molar-refractivity contribution is 7.86. The number of hydrogen-bond donors (Lipinski definition) is 5. The topological polar surface area (TPSA) is 189 Å². The van der Waals surface area contributed by atoms with Gasteiger partial charge in [0.1, 0.15) is 18.3 Å². The molecule has 1 aromatic carbocycles. The van der Waals surface area contributed by atoms with Crippen LogP contribution in [0.1, 0.15) is 18.9 Å². The van der Waals surface area contributed by atoms with Crippen LogP contribution in [0.15, 0.2) is 29.2 Å². The second-order valence-electron chi connectivity index (χ2n) is 7.47. The molecule has 1 amide bonds. The van der Waals surface area contributed by atoms with Crippen LogP contribution >= 0.6 is 0 Å². The molecule has 0 bridgehead atoms. The number of nitrogens with one attached hydrogen (secondary N) is 1. The lowest BCUT2D eigenvalue weighted by atomic mass is 9.88. The lowest BCUT2D eigenvalue weighted by molar-refractivity contribution is -0.296. The van der Waals surface area contributed by atoms with Gasteiger partial charge in [0.25, 0.3) is 15.9 Å². The summed E-state index contributed by atoms with van der Waals surface area (Å²) in [6.45, 7) is 1.96. The number of ether oxygens (including phenoxy) is 2. The zero-order valence-corrected chi connectivity index (χ0v) is 18.5. The summed E-state index contributed by atoms with van der Waals surface area (Å²) in [6, 6.07) is 4.35. The van der Waals surface area contributed by atoms with Crippen LogP contribution in [0.25, 0.3) is 0 Å². The number of rotatable bonds is 8. The Kier molecular flexibility index (Phi) is 8.33. The van der Waals surface area contributed by atoms with Crippen molar-refractivity contribution in [3.63, 3.8) is 0 Å². The molecule has 0 aromatic heterocycles. The molecule has 32 heavy (non-hydrogen) atoms. The van der Waals surface area contributed by atoms with Crippen molar-refractivity contribution in [3.8, 4) is 0 Å². The molecular formula is C19H27NO11S. The maximum Gasteiger partial charge on any atom is 0.366 e. The van der Waals surface area contributed by atoms with E-state index in [-0.39, 0.29) is 4.90 Å². The van der Waals surface area contributed by atoms with Gasteiger partial charge in [-0.3, -0.25) is 8.98 Å². The second-order valence-corrected chi connectivity index (χ2v) is 9.08. The Bertz CT molecular complexity index is 920. The number of methoxy groups -OCH3 is 1. The fraction of sp³-hybridized carbons (Fsp3) is 0.579. The lowest BCUT2D eigenvalue weighted by Crippen LogP contribution is -2.67. The summed E-state index contributed by atoms with van der Waals surface area (Å²) in [5.41, 5.74) is 0.814. The normalized spacial score (nSPS) is 27.9. The van der Waals surface area contributed by atoms with Gasteiger partial charge in [0, 0.05) is 13.3 Å². The van der Waals surface area contributed by atoms with E-state index in [0.717, 1.165) is 19.6 Å². The van der Waals surface area contributed by atoms with Gasteiger partial charge < -0.3 is 35.2 Å². The SMILES string of the molecule is COC(=O)C1(O)C[C@H](O)[C@@H](NC(C)=O)[C@H]([C@H](O)[C@H](O)COS(=O)(=O)c2ccc(C)cc2)O1. The van der Waals surface area contributed by atoms with Crippen molar-refractivity contribution in [1.82, 2.24) is 5.32 Å². The Labute approximate surface area is 184 Å². The summed E-state index contributed by atoms with van der Waals surface area (Å²) in [7, 11) is -3.32. The molecule has 1 aromatic rings. The van der Waals surface area contributed by atoms with Gasteiger partial charge >= 0.3 is 5.97 Å². The number of esters is 1. The first-order valence-corrected chi connectivity index (χ1v) is 11.0. The molecule has 12 nitrogen and oxygen atoms in total. The van der Waals surface area contributed by atoms with Crippen molar-refractivity contribution in [2.45, 2.75) is 61.4 Å².